The maximum absolute atomic E-state index is 13.9. The number of likely N-dealkylation sites (N-methyl/N-ethyl adjacent to an activating group) is 1. The number of carbonyl (C=O) groups excluding carboxylic acids is 2. The van der Waals surface area contributed by atoms with Gasteiger partial charge in [-0.05, 0) is 39.2 Å². The minimum atomic E-state index is -0.763. The van der Waals surface area contributed by atoms with Crippen LogP contribution in [0.3, 0.4) is 0 Å². The number of furan rings is 1. The molecule has 3 heterocycles. The zero-order chi connectivity index (χ0) is 24.9. The Morgan fingerprint density at radius 2 is 1.97 bits per heavy atom. The molecule has 1 unspecified atom stereocenters. The van der Waals surface area contributed by atoms with Gasteiger partial charge in [0.2, 0.25) is 5.78 Å². The molecule has 180 valence electrons. The smallest absolute Gasteiger partial charge is 0.290 e. The van der Waals surface area contributed by atoms with Crippen molar-refractivity contribution < 1.29 is 23.8 Å². The van der Waals surface area contributed by atoms with Crippen LogP contribution in [-0.4, -0.2) is 65.9 Å². The first kappa shape index (κ1) is 22.7. The third-order valence-corrected chi connectivity index (χ3v) is 6.50. The first-order chi connectivity index (χ1) is 16.8. The van der Waals surface area contributed by atoms with Crippen molar-refractivity contribution in [1.29, 1.82) is 0 Å². The highest BCUT2D eigenvalue weighted by molar-refractivity contribution is 6.16. The molecule has 2 N–H and O–H groups in total. The van der Waals surface area contributed by atoms with Crippen molar-refractivity contribution in [2.75, 3.05) is 34.3 Å². The molecule has 8 heteroatoms. The summed E-state index contributed by atoms with van der Waals surface area (Å²) in [6.45, 7) is 2.82. The van der Waals surface area contributed by atoms with Crippen molar-refractivity contribution in [3.63, 3.8) is 0 Å². The lowest BCUT2D eigenvalue weighted by molar-refractivity contribution is -0.129. The van der Waals surface area contributed by atoms with E-state index >= 15 is 0 Å². The number of amides is 1. The second-order valence-electron chi connectivity index (χ2n) is 8.99. The lowest BCUT2D eigenvalue weighted by Crippen LogP contribution is -2.36. The SMILES string of the molecule is COc1cccc2cc(C(=O)C3=C(O)C(=O)N(CCN(C)C)C3c3c(C)[nH]c4ccccc34)oc12. The fourth-order valence-corrected chi connectivity index (χ4v) is 4.82. The number of aryl methyl sites for hydroxylation is 1. The van der Waals surface area contributed by atoms with Crippen molar-refractivity contribution in [3.05, 3.63) is 76.9 Å². The number of nitrogens with zero attached hydrogens (tertiary/aromatic N) is 2. The number of H-pyrrole nitrogens is 1. The molecule has 0 radical (unpaired) electrons. The monoisotopic (exact) mass is 473 g/mol. The number of aliphatic hydroxyl groups excluding tert-OH is 1. The molecular weight excluding hydrogens is 446 g/mol. The number of ketones is 1. The van der Waals surface area contributed by atoms with Crippen molar-refractivity contribution in [3.8, 4) is 5.75 Å². The number of carbonyl (C=O) groups is 2. The van der Waals surface area contributed by atoms with Gasteiger partial charge < -0.3 is 29.0 Å². The van der Waals surface area contributed by atoms with Gasteiger partial charge in [-0.3, -0.25) is 9.59 Å². The second kappa shape index (κ2) is 8.63. The van der Waals surface area contributed by atoms with E-state index in [4.69, 9.17) is 9.15 Å². The molecule has 2 aromatic carbocycles. The number of rotatable bonds is 7. The number of methoxy groups -OCH3 is 1. The van der Waals surface area contributed by atoms with E-state index in [1.807, 2.05) is 62.3 Å². The van der Waals surface area contributed by atoms with Crippen LogP contribution < -0.4 is 4.74 Å². The summed E-state index contributed by atoms with van der Waals surface area (Å²) in [6, 6.07) is 14.0. The van der Waals surface area contributed by atoms with Crippen molar-refractivity contribution >= 4 is 33.6 Å². The molecule has 4 aromatic rings. The summed E-state index contributed by atoms with van der Waals surface area (Å²) >= 11 is 0. The van der Waals surface area contributed by atoms with Crippen LogP contribution in [0.5, 0.6) is 5.75 Å². The van der Waals surface area contributed by atoms with Crippen molar-refractivity contribution in [2.24, 2.45) is 0 Å². The van der Waals surface area contributed by atoms with Crippen LogP contribution in [0.1, 0.15) is 27.9 Å². The summed E-state index contributed by atoms with van der Waals surface area (Å²) in [4.78, 5) is 34.0. The van der Waals surface area contributed by atoms with Crippen LogP contribution in [0.15, 0.2) is 64.3 Å². The Bertz CT molecular complexity index is 1490. The van der Waals surface area contributed by atoms with Crippen LogP contribution in [0, 0.1) is 6.92 Å². The lowest BCUT2D eigenvalue weighted by Gasteiger charge is -2.28. The number of fused-ring (bicyclic) bond motifs is 2. The Morgan fingerprint density at radius 1 is 1.20 bits per heavy atom. The highest BCUT2D eigenvalue weighted by Gasteiger charge is 2.45. The number of benzene rings is 2. The van der Waals surface area contributed by atoms with Gasteiger partial charge >= 0.3 is 0 Å². The van der Waals surface area contributed by atoms with E-state index < -0.39 is 23.5 Å². The standard InChI is InChI=1S/C27H27N3O5/c1-15-21(17-9-5-6-10-18(17)28-15)23-22(25(32)27(33)30(23)13-12-29(2)3)24(31)20-14-16-8-7-11-19(34-4)26(16)35-20/h5-11,14,23,28,32H,12-13H2,1-4H3. The molecule has 0 fully saturated rings. The molecule has 0 bridgehead atoms. The van der Waals surface area contributed by atoms with Gasteiger partial charge in [0, 0.05) is 40.6 Å². The summed E-state index contributed by atoms with van der Waals surface area (Å²) in [5, 5.41) is 12.6. The van der Waals surface area contributed by atoms with Crippen LogP contribution in [0.25, 0.3) is 21.9 Å². The van der Waals surface area contributed by atoms with Gasteiger partial charge in [0.15, 0.2) is 22.9 Å². The first-order valence-electron chi connectivity index (χ1n) is 11.4. The van der Waals surface area contributed by atoms with Gasteiger partial charge in [0.05, 0.1) is 18.7 Å². The van der Waals surface area contributed by atoms with E-state index in [1.165, 1.54) is 7.11 Å². The number of para-hydroxylation sites is 2. The predicted octanol–water partition coefficient (Wildman–Crippen LogP) is 4.37. The fourth-order valence-electron chi connectivity index (χ4n) is 4.82. The maximum atomic E-state index is 13.9. The minimum Gasteiger partial charge on any atom is -0.503 e. The Kier molecular flexibility index (Phi) is 5.61. The molecule has 8 nitrogen and oxygen atoms in total. The van der Waals surface area contributed by atoms with Gasteiger partial charge in [-0.1, -0.05) is 30.3 Å². The molecule has 1 aliphatic rings. The van der Waals surface area contributed by atoms with Crippen LogP contribution >= 0.6 is 0 Å². The number of aliphatic hydroxyl groups is 1. The Hall–Kier alpha value is -4.04. The van der Waals surface area contributed by atoms with Gasteiger partial charge in [-0.2, -0.15) is 0 Å². The van der Waals surface area contributed by atoms with E-state index in [2.05, 4.69) is 4.98 Å². The van der Waals surface area contributed by atoms with E-state index in [0.717, 1.165) is 22.2 Å². The van der Waals surface area contributed by atoms with Crippen molar-refractivity contribution in [1.82, 2.24) is 14.8 Å². The van der Waals surface area contributed by atoms with E-state index in [9.17, 15) is 14.7 Å². The van der Waals surface area contributed by atoms with E-state index in [-0.39, 0.29) is 11.3 Å². The highest BCUT2D eigenvalue weighted by atomic mass is 16.5. The van der Waals surface area contributed by atoms with Gasteiger partial charge in [0.1, 0.15) is 0 Å². The largest absolute Gasteiger partial charge is 0.503 e. The van der Waals surface area contributed by atoms with Crippen molar-refractivity contribution in [2.45, 2.75) is 13.0 Å². The van der Waals surface area contributed by atoms with E-state index in [1.54, 1.807) is 17.0 Å². The van der Waals surface area contributed by atoms with E-state index in [0.29, 0.717) is 29.8 Å². The molecule has 2 aromatic heterocycles. The molecule has 1 amide bonds. The summed E-state index contributed by atoms with van der Waals surface area (Å²) < 4.78 is 11.3. The Labute approximate surface area is 202 Å². The maximum Gasteiger partial charge on any atom is 0.290 e. The number of hydrogen-bond donors (Lipinski definition) is 2. The Balaban J connectivity index is 1.67. The predicted molar refractivity (Wildman–Crippen MR) is 133 cm³/mol. The zero-order valence-corrected chi connectivity index (χ0v) is 20.1. The number of nitrogens with one attached hydrogen (secondary N) is 1. The summed E-state index contributed by atoms with van der Waals surface area (Å²) in [5.74, 6) is -1.11. The van der Waals surface area contributed by atoms with Gasteiger partial charge in [0.25, 0.3) is 5.91 Å². The molecule has 0 spiro atoms. The van der Waals surface area contributed by atoms with Crippen LogP contribution in [-0.2, 0) is 4.79 Å². The third-order valence-electron chi connectivity index (χ3n) is 6.50. The van der Waals surface area contributed by atoms with Gasteiger partial charge in [-0.25, -0.2) is 0 Å². The average molecular weight is 474 g/mol. The summed E-state index contributed by atoms with van der Waals surface area (Å²) in [5.41, 5.74) is 2.96. The molecule has 35 heavy (non-hydrogen) atoms. The molecule has 0 saturated carbocycles. The highest BCUT2D eigenvalue weighted by Crippen LogP contribution is 2.43. The topological polar surface area (TPSA) is 99.0 Å². The molecular formula is C27H27N3O5. The third kappa shape index (κ3) is 3.66. The number of ether oxygens (including phenoxy) is 1. The lowest BCUT2D eigenvalue weighted by atomic mass is 9.93. The quantitative estimate of drug-likeness (QED) is 0.387. The molecule has 1 atom stereocenters. The number of Topliss-reactive ketones (excluding diaryl/α,β-unsaturated/α-hetero) is 1. The average Bonchev–Trinajstić information content (AvgIpc) is 3.49. The zero-order valence-electron chi connectivity index (χ0n) is 20.1. The fraction of sp³-hybridized carbons (Fsp3) is 0.259. The number of aromatic nitrogens is 1. The second-order valence-corrected chi connectivity index (χ2v) is 8.99. The normalized spacial score (nSPS) is 16.3. The number of aromatic amines is 1. The minimum absolute atomic E-state index is 0.0135. The molecule has 0 saturated heterocycles. The Morgan fingerprint density at radius 3 is 2.71 bits per heavy atom. The van der Waals surface area contributed by atoms with Crippen LogP contribution in [0.2, 0.25) is 0 Å². The molecule has 1 aliphatic heterocycles. The first-order valence-corrected chi connectivity index (χ1v) is 11.4. The number of hydrogen-bond acceptors (Lipinski definition) is 6. The van der Waals surface area contributed by atoms with Gasteiger partial charge in [-0.15, -0.1) is 0 Å². The van der Waals surface area contributed by atoms with Crippen LogP contribution in [0.4, 0.5) is 0 Å². The summed E-state index contributed by atoms with van der Waals surface area (Å²) in [6.07, 6.45) is 0. The molecule has 0 aliphatic carbocycles. The summed E-state index contributed by atoms with van der Waals surface area (Å²) in [7, 11) is 5.35. The molecule has 5 rings (SSSR count).